The smallest absolute Gasteiger partial charge is 0.246 e. The number of thiazole rings is 1. The molecule has 2 aromatic rings. The molecule has 3 rings (SSSR count). The fourth-order valence-electron chi connectivity index (χ4n) is 3.98. The first-order valence-electron chi connectivity index (χ1n) is 11.0. The Morgan fingerprint density at radius 3 is 2.45 bits per heavy atom. The van der Waals surface area contributed by atoms with E-state index in [4.69, 9.17) is 0 Å². The molecule has 2 unspecified atom stereocenters. The zero-order chi connectivity index (χ0) is 24.3. The number of carbonyl (C=O) groups excluding carboxylic acids is 3. The van der Waals surface area contributed by atoms with E-state index >= 15 is 0 Å². The molecule has 33 heavy (non-hydrogen) atoms. The SMILES string of the molecule is CC(=O)N[C@H](C(=O)N1CC(O)CC1C(=O)NCc1ccc(-c2scnc2C)cc1)C(C)(C)C. The van der Waals surface area contributed by atoms with Crippen LogP contribution in [0.3, 0.4) is 0 Å². The van der Waals surface area contributed by atoms with Crippen LogP contribution >= 0.6 is 11.3 Å². The number of hydrogen-bond acceptors (Lipinski definition) is 6. The van der Waals surface area contributed by atoms with Crippen LogP contribution in [-0.4, -0.2) is 57.4 Å². The van der Waals surface area contributed by atoms with Gasteiger partial charge in [-0.25, -0.2) is 4.98 Å². The summed E-state index contributed by atoms with van der Waals surface area (Å²) in [5.41, 5.74) is 4.26. The van der Waals surface area contributed by atoms with E-state index < -0.39 is 23.6 Å². The van der Waals surface area contributed by atoms with Crippen molar-refractivity contribution in [1.82, 2.24) is 20.5 Å². The van der Waals surface area contributed by atoms with Crippen LogP contribution in [0, 0.1) is 12.3 Å². The van der Waals surface area contributed by atoms with Crippen LogP contribution in [0.2, 0.25) is 0 Å². The number of β-amino-alcohol motifs (C(OH)–C–C–N with tert-alkyl or cyclic N) is 1. The van der Waals surface area contributed by atoms with Crippen molar-refractivity contribution in [3.05, 3.63) is 41.0 Å². The Labute approximate surface area is 198 Å². The number of aliphatic hydroxyl groups is 1. The van der Waals surface area contributed by atoms with E-state index in [1.165, 1.54) is 11.8 Å². The highest BCUT2D eigenvalue weighted by atomic mass is 32.1. The Kier molecular flexibility index (Phi) is 7.54. The second kappa shape index (κ2) is 10.0. The lowest BCUT2D eigenvalue weighted by Crippen LogP contribution is -2.57. The van der Waals surface area contributed by atoms with Gasteiger partial charge in [0.05, 0.1) is 22.2 Å². The van der Waals surface area contributed by atoms with E-state index in [2.05, 4.69) is 15.6 Å². The first-order valence-corrected chi connectivity index (χ1v) is 11.9. The van der Waals surface area contributed by atoms with Gasteiger partial charge in [-0.2, -0.15) is 0 Å². The summed E-state index contributed by atoms with van der Waals surface area (Å²) in [6.45, 7) is 9.26. The summed E-state index contributed by atoms with van der Waals surface area (Å²) in [5, 5.41) is 15.8. The Morgan fingerprint density at radius 1 is 1.24 bits per heavy atom. The molecule has 0 spiro atoms. The third-order valence-electron chi connectivity index (χ3n) is 5.75. The van der Waals surface area contributed by atoms with Gasteiger partial charge >= 0.3 is 0 Å². The first-order chi connectivity index (χ1) is 15.5. The number of aliphatic hydroxyl groups excluding tert-OH is 1. The van der Waals surface area contributed by atoms with Crippen LogP contribution in [0.1, 0.15) is 45.4 Å². The molecule has 0 bridgehead atoms. The van der Waals surface area contributed by atoms with Gasteiger partial charge in [0.15, 0.2) is 0 Å². The van der Waals surface area contributed by atoms with Crippen molar-refractivity contribution in [3.8, 4) is 10.4 Å². The molecule has 1 aromatic carbocycles. The molecule has 0 saturated carbocycles. The van der Waals surface area contributed by atoms with Crippen molar-refractivity contribution < 1.29 is 19.5 Å². The van der Waals surface area contributed by atoms with Gasteiger partial charge in [0, 0.05) is 26.4 Å². The number of amides is 3. The summed E-state index contributed by atoms with van der Waals surface area (Å²) in [7, 11) is 0. The molecule has 1 saturated heterocycles. The Hall–Kier alpha value is -2.78. The van der Waals surface area contributed by atoms with Crippen LogP contribution in [0.25, 0.3) is 10.4 Å². The standard InChI is InChI=1S/C24H32N4O4S/c1-14-20(33-13-26-14)17-8-6-16(7-9-17)11-25-22(31)19-10-18(30)12-28(19)23(32)21(24(3,4)5)27-15(2)29/h6-9,13,18-19,21,30H,10-12H2,1-5H3,(H,25,31)(H,27,29)/t18?,19?,21-/m1/s1. The molecule has 0 aliphatic carbocycles. The highest BCUT2D eigenvalue weighted by Gasteiger charge is 2.44. The number of aryl methyl sites for hydroxylation is 1. The summed E-state index contributed by atoms with van der Waals surface area (Å²) in [5.74, 6) is -1.00. The highest BCUT2D eigenvalue weighted by Crippen LogP contribution is 2.28. The predicted molar refractivity (Wildman–Crippen MR) is 127 cm³/mol. The monoisotopic (exact) mass is 472 g/mol. The van der Waals surface area contributed by atoms with Gasteiger partial charge in [-0.1, -0.05) is 45.0 Å². The van der Waals surface area contributed by atoms with Crippen LogP contribution in [0.4, 0.5) is 0 Å². The molecule has 3 atom stereocenters. The minimum absolute atomic E-state index is 0.0615. The summed E-state index contributed by atoms with van der Waals surface area (Å²) in [6, 6.07) is 6.32. The lowest BCUT2D eigenvalue weighted by atomic mass is 9.85. The molecule has 1 fully saturated rings. The van der Waals surface area contributed by atoms with Gasteiger partial charge in [0.2, 0.25) is 17.7 Å². The molecule has 2 heterocycles. The van der Waals surface area contributed by atoms with Crippen LogP contribution in [-0.2, 0) is 20.9 Å². The van der Waals surface area contributed by atoms with Crippen molar-refractivity contribution in [1.29, 1.82) is 0 Å². The van der Waals surface area contributed by atoms with Crippen molar-refractivity contribution in [2.24, 2.45) is 5.41 Å². The lowest BCUT2D eigenvalue weighted by Gasteiger charge is -2.35. The van der Waals surface area contributed by atoms with Gasteiger partial charge in [0.1, 0.15) is 12.1 Å². The normalized spacial score (nSPS) is 19.3. The van der Waals surface area contributed by atoms with E-state index in [1.54, 1.807) is 11.3 Å². The number of nitrogens with zero attached hydrogens (tertiary/aromatic N) is 2. The number of likely N-dealkylation sites (tertiary alicyclic amines) is 1. The molecule has 0 radical (unpaired) electrons. The molecule has 1 aliphatic heterocycles. The summed E-state index contributed by atoms with van der Waals surface area (Å²) >= 11 is 1.59. The minimum Gasteiger partial charge on any atom is -0.391 e. The van der Waals surface area contributed by atoms with Gasteiger partial charge < -0.3 is 20.6 Å². The number of nitrogens with one attached hydrogen (secondary N) is 2. The highest BCUT2D eigenvalue weighted by molar-refractivity contribution is 7.13. The number of rotatable bonds is 6. The average Bonchev–Trinajstić information content (AvgIpc) is 3.35. The summed E-state index contributed by atoms with van der Waals surface area (Å²) < 4.78 is 0. The van der Waals surface area contributed by atoms with Crippen molar-refractivity contribution in [2.45, 2.75) is 65.8 Å². The fraction of sp³-hybridized carbons (Fsp3) is 0.500. The Morgan fingerprint density at radius 2 is 1.91 bits per heavy atom. The van der Waals surface area contributed by atoms with Crippen molar-refractivity contribution in [2.75, 3.05) is 6.54 Å². The maximum absolute atomic E-state index is 13.3. The summed E-state index contributed by atoms with van der Waals surface area (Å²) in [4.78, 5) is 44.7. The molecule has 8 nitrogen and oxygen atoms in total. The molecular formula is C24H32N4O4S. The molecular weight excluding hydrogens is 440 g/mol. The number of hydrogen-bond donors (Lipinski definition) is 3. The topological polar surface area (TPSA) is 112 Å². The molecule has 3 amide bonds. The second-order valence-electron chi connectivity index (χ2n) is 9.58. The van der Waals surface area contributed by atoms with Gasteiger partial charge in [-0.05, 0) is 23.5 Å². The first kappa shape index (κ1) is 24.9. The van der Waals surface area contributed by atoms with E-state index in [0.717, 1.165) is 21.7 Å². The second-order valence-corrected chi connectivity index (χ2v) is 10.4. The Balaban J connectivity index is 1.67. The van der Waals surface area contributed by atoms with Crippen LogP contribution < -0.4 is 10.6 Å². The molecule has 3 N–H and O–H groups in total. The maximum atomic E-state index is 13.3. The third kappa shape index (κ3) is 5.97. The zero-order valence-corrected chi connectivity index (χ0v) is 20.5. The molecule has 9 heteroatoms. The number of carbonyl (C=O) groups is 3. The number of aromatic nitrogens is 1. The van der Waals surface area contributed by atoms with E-state index in [9.17, 15) is 19.5 Å². The van der Waals surface area contributed by atoms with Crippen LogP contribution in [0.15, 0.2) is 29.8 Å². The Bertz CT molecular complexity index is 1010. The average molecular weight is 473 g/mol. The minimum atomic E-state index is -0.793. The van der Waals surface area contributed by atoms with Crippen molar-refractivity contribution >= 4 is 29.1 Å². The van der Waals surface area contributed by atoms with Gasteiger partial charge in [-0.3, -0.25) is 14.4 Å². The molecule has 1 aromatic heterocycles. The maximum Gasteiger partial charge on any atom is 0.246 e. The van der Waals surface area contributed by atoms with E-state index in [-0.39, 0.29) is 30.7 Å². The number of benzene rings is 1. The predicted octanol–water partition coefficient (Wildman–Crippen LogP) is 2.25. The van der Waals surface area contributed by atoms with E-state index in [1.807, 2.05) is 57.5 Å². The van der Waals surface area contributed by atoms with Gasteiger partial charge in [-0.15, -0.1) is 11.3 Å². The van der Waals surface area contributed by atoms with Gasteiger partial charge in [0.25, 0.3) is 0 Å². The van der Waals surface area contributed by atoms with Crippen molar-refractivity contribution in [3.63, 3.8) is 0 Å². The molecule has 178 valence electrons. The van der Waals surface area contributed by atoms with E-state index in [0.29, 0.717) is 6.54 Å². The van der Waals surface area contributed by atoms with Crippen LogP contribution in [0.5, 0.6) is 0 Å². The largest absolute Gasteiger partial charge is 0.391 e. The zero-order valence-electron chi connectivity index (χ0n) is 19.7. The third-order valence-corrected chi connectivity index (χ3v) is 6.73. The molecule has 1 aliphatic rings. The summed E-state index contributed by atoms with van der Waals surface area (Å²) in [6.07, 6.45) is -0.623. The fourth-order valence-corrected chi connectivity index (χ4v) is 4.80. The quantitative estimate of drug-likeness (QED) is 0.597. The lowest BCUT2D eigenvalue weighted by molar-refractivity contribution is -0.143.